The predicted molar refractivity (Wildman–Crippen MR) is 99.2 cm³/mol. The molecular weight excluding hydrogens is 419 g/mol. The first-order chi connectivity index (χ1) is 12.8. The zero-order valence-corrected chi connectivity index (χ0v) is 15.7. The van der Waals surface area contributed by atoms with Crippen LogP contribution < -0.4 is 10.1 Å². The highest BCUT2D eigenvalue weighted by Gasteiger charge is 2.33. The lowest BCUT2D eigenvalue weighted by Crippen LogP contribution is -2.52. The summed E-state index contributed by atoms with van der Waals surface area (Å²) in [7, 11) is 1.28. The highest BCUT2D eigenvalue weighted by molar-refractivity contribution is 9.10. The van der Waals surface area contributed by atoms with Crippen LogP contribution in [-0.4, -0.2) is 29.8 Å². The second-order valence-electron chi connectivity index (χ2n) is 5.78. The van der Waals surface area contributed by atoms with Crippen LogP contribution in [0.3, 0.4) is 0 Å². The first kappa shape index (κ1) is 18.8. The normalized spacial score (nSPS) is 15.9. The number of halogens is 2. The number of carbonyl (C=O) groups excluding carboxylic acids is 3. The number of amides is 4. The number of nitrogens with zero attached hydrogens (tertiary/aromatic N) is 1. The van der Waals surface area contributed by atoms with Gasteiger partial charge < -0.3 is 4.74 Å². The second kappa shape index (κ2) is 7.71. The molecule has 0 aliphatic carbocycles. The van der Waals surface area contributed by atoms with E-state index in [0.29, 0.717) is 11.3 Å². The van der Waals surface area contributed by atoms with Crippen LogP contribution in [-0.2, 0) is 16.2 Å². The number of hydrogen-bond donors (Lipinski definition) is 1. The molecule has 4 amide bonds. The molecule has 0 atom stereocenters. The molecule has 2 aromatic rings. The summed E-state index contributed by atoms with van der Waals surface area (Å²) in [6.07, 6.45) is 1.37. The van der Waals surface area contributed by atoms with Crippen LogP contribution in [0.1, 0.15) is 11.1 Å². The molecule has 0 unspecified atom stereocenters. The van der Waals surface area contributed by atoms with Crippen molar-refractivity contribution >= 4 is 39.9 Å². The van der Waals surface area contributed by atoms with Gasteiger partial charge in [-0.1, -0.05) is 28.1 Å². The first-order valence-corrected chi connectivity index (χ1v) is 8.66. The third kappa shape index (κ3) is 4.22. The van der Waals surface area contributed by atoms with Gasteiger partial charge in [-0.2, -0.15) is 0 Å². The van der Waals surface area contributed by atoms with Crippen molar-refractivity contribution in [3.8, 4) is 5.75 Å². The number of carbonyl (C=O) groups is 3. The topological polar surface area (TPSA) is 75.7 Å². The smallest absolute Gasteiger partial charge is 0.331 e. The van der Waals surface area contributed by atoms with Crippen molar-refractivity contribution in [1.82, 2.24) is 10.2 Å². The lowest BCUT2D eigenvalue weighted by molar-refractivity contribution is -0.129. The van der Waals surface area contributed by atoms with E-state index in [2.05, 4.69) is 21.2 Å². The first-order valence-electron chi connectivity index (χ1n) is 7.87. The van der Waals surface area contributed by atoms with Crippen LogP contribution >= 0.6 is 15.9 Å². The fourth-order valence-corrected chi connectivity index (χ4v) is 2.79. The number of barbiturate groups is 1. The molecule has 3 rings (SSSR count). The minimum atomic E-state index is -0.774. The highest BCUT2D eigenvalue weighted by atomic mass is 79.9. The van der Waals surface area contributed by atoms with Crippen LogP contribution in [0.2, 0.25) is 0 Å². The van der Waals surface area contributed by atoms with Gasteiger partial charge in [0.2, 0.25) is 0 Å². The third-order valence-corrected chi connectivity index (χ3v) is 4.38. The molecule has 1 heterocycles. The fraction of sp³-hybridized carbons (Fsp3) is 0.105. The van der Waals surface area contributed by atoms with Crippen molar-refractivity contribution in [1.29, 1.82) is 0 Å². The Morgan fingerprint density at radius 1 is 1.15 bits per heavy atom. The summed E-state index contributed by atoms with van der Waals surface area (Å²) in [4.78, 5) is 36.6. The Labute approximate surface area is 162 Å². The summed E-state index contributed by atoms with van der Waals surface area (Å²) in [5, 5.41) is 2.10. The minimum Gasteiger partial charge on any atom is -0.488 e. The summed E-state index contributed by atoms with van der Waals surface area (Å²) in [6, 6.07) is 10.2. The number of likely N-dealkylation sites (N-methyl/N-ethyl adjacent to an activating group) is 1. The van der Waals surface area contributed by atoms with Gasteiger partial charge in [-0.3, -0.25) is 19.8 Å². The molecule has 138 valence electrons. The largest absolute Gasteiger partial charge is 0.488 e. The predicted octanol–water partition coefficient (Wildman–Crippen LogP) is 3.26. The summed E-state index contributed by atoms with van der Waals surface area (Å²) >= 11 is 3.34. The molecule has 0 saturated carbocycles. The summed E-state index contributed by atoms with van der Waals surface area (Å²) in [6.45, 7) is 0.177. The van der Waals surface area contributed by atoms with Crippen molar-refractivity contribution < 1.29 is 23.5 Å². The molecule has 0 bridgehead atoms. The molecule has 8 heteroatoms. The maximum absolute atomic E-state index is 13.0. The van der Waals surface area contributed by atoms with Crippen molar-refractivity contribution in [2.45, 2.75) is 6.61 Å². The number of urea groups is 1. The summed E-state index contributed by atoms with van der Waals surface area (Å²) < 4.78 is 19.5. The SMILES string of the molecule is CN1C(=O)NC(=O)/C(=C/c2cc(Br)ccc2OCc2ccc(F)cc2)C1=O. The number of imide groups is 2. The van der Waals surface area contributed by atoms with Crippen molar-refractivity contribution in [2.75, 3.05) is 7.05 Å². The lowest BCUT2D eigenvalue weighted by atomic mass is 10.1. The Morgan fingerprint density at radius 3 is 2.56 bits per heavy atom. The van der Waals surface area contributed by atoms with E-state index in [0.717, 1.165) is 14.9 Å². The summed E-state index contributed by atoms with van der Waals surface area (Å²) in [5.41, 5.74) is 1.06. The van der Waals surface area contributed by atoms with E-state index >= 15 is 0 Å². The Bertz CT molecular complexity index is 957. The average molecular weight is 433 g/mol. The monoisotopic (exact) mass is 432 g/mol. The Balaban J connectivity index is 1.89. The summed E-state index contributed by atoms with van der Waals surface area (Å²) in [5.74, 6) is -1.38. The highest BCUT2D eigenvalue weighted by Crippen LogP contribution is 2.27. The van der Waals surface area contributed by atoms with Crippen LogP contribution in [0.5, 0.6) is 5.75 Å². The van der Waals surface area contributed by atoms with E-state index in [1.165, 1.54) is 25.3 Å². The van der Waals surface area contributed by atoms with Gasteiger partial charge >= 0.3 is 6.03 Å². The van der Waals surface area contributed by atoms with Crippen LogP contribution in [0.15, 0.2) is 52.5 Å². The van der Waals surface area contributed by atoms with E-state index in [1.54, 1.807) is 30.3 Å². The molecule has 2 aromatic carbocycles. The van der Waals surface area contributed by atoms with E-state index < -0.39 is 17.8 Å². The molecule has 0 radical (unpaired) electrons. The van der Waals surface area contributed by atoms with E-state index in [-0.39, 0.29) is 18.0 Å². The number of ether oxygens (including phenoxy) is 1. The van der Waals surface area contributed by atoms with Gasteiger partial charge in [-0.25, -0.2) is 9.18 Å². The zero-order valence-electron chi connectivity index (χ0n) is 14.2. The van der Waals surface area contributed by atoms with Gasteiger partial charge in [0.25, 0.3) is 11.8 Å². The molecular formula is C19H14BrFN2O4. The number of rotatable bonds is 4. The molecule has 1 fully saturated rings. The van der Waals surface area contributed by atoms with Crippen LogP contribution in [0.4, 0.5) is 9.18 Å². The average Bonchev–Trinajstić information content (AvgIpc) is 2.64. The van der Waals surface area contributed by atoms with E-state index in [9.17, 15) is 18.8 Å². The number of nitrogens with one attached hydrogen (secondary N) is 1. The van der Waals surface area contributed by atoms with Gasteiger partial charge in [0.05, 0.1) is 0 Å². The molecule has 27 heavy (non-hydrogen) atoms. The van der Waals surface area contributed by atoms with Gasteiger partial charge in [0.1, 0.15) is 23.7 Å². The number of benzene rings is 2. The molecule has 1 saturated heterocycles. The maximum Gasteiger partial charge on any atom is 0.331 e. The maximum atomic E-state index is 13.0. The zero-order chi connectivity index (χ0) is 19.6. The van der Waals surface area contributed by atoms with Crippen molar-refractivity contribution in [3.05, 3.63) is 69.5 Å². The quantitative estimate of drug-likeness (QED) is 0.594. The van der Waals surface area contributed by atoms with Crippen molar-refractivity contribution in [2.24, 2.45) is 0 Å². The van der Waals surface area contributed by atoms with Gasteiger partial charge in [0.15, 0.2) is 0 Å². The van der Waals surface area contributed by atoms with Crippen molar-refractivity contribution in [3.63, 3.8) is 0 Å². The third-order valence-electron chi connectivity index (χ3n) is 3.88. The molecule has 1 aliphatic heterocycles. The second-order valence-corrected chi connectivity index (χ2v) is 6.69. The number of hydrogen-bond acceptors (Lipinski definition) is 4. The molecule has 6 nitrogen and oxygen atoms in total. The van der Waals surface area contributed by atoms with E-state index in [4.69, 9.17) is 4.74 Å². The van der Waals surface area contributed by atoms with E-state index in [1.807, 2.05) is 0 Å². The Kier molecular flexibility index (Phi) is 5.36. The van der Waals surface area contributed by atoms with Crippen LogP contribution in [0, 0.1) is 5.82 Å². The minimum absolute atomic E-state index is 0.177. The lowest BCUT2D eigenvalue weighted by Gasteiger charge is -2.22. The molecule has 1 aliphatic rings. The molecule has 0 aromatic heterocycles. The van der Waals surface area contributed by atoms with Crippen LogP contribution in [0.25, 0.3) is 6.08 Å². The molecule has 0 spiro atoms. The molecule has 1 N–H and O–H groups in total. The Morgan fingerprint density at radius 2 is 1.85 bits per heavy atom. The fourth-order valence-electron chi connectivity index (χ4n) is 2.41. The Hall–Kier alpha value is -3.00. The standard InChI is InChI=1S/C19H14BrFN2O4/c1-23-18(25)15(17(24)22-19(23)26)9-12-8-13(20)4-7-16(12)27-10-11-2-5-14(21)6-3-11/h2-9H,10H2,1H3,(H,22,24,26)/b15-9-. The van der Waals surface area contributed by atoms with Gasteiger partial charge in [-0.05, 0) is 42.0 Å². The van der Waals surface area contributed by atoms with Gasteiger partial charge in [-0.15, -0.1) is 0 Å². The van der Waals surface area contributed by atoms with Gasteiger partial charge in [0, 0.05) is 17.1 Å².